The van der Waals surface area contributed by atoms with Gasteiger partial charge in [-0.05, 0) is 25.3 Å². The third-order valence-electron chi connectivity index (χ3n) is 3.82. The van der Waals surface area contributed by atoms with E-state index in [0.717, 1.165) is 30.7 Å². The predicted molar refractivity (Wildman–Crippen MR) is 77.5 cm³/mol. The van der Waals surface area contributed by atoms with Gasteiger partial charge in [0.2, 0.25) is 15.4 Å². The van der Waals surface area contributed by atoms with Crippen LogP contribution >= 0.6 is 11.3 Å². The molecule has 1 amide bonds. The van der Waals surface area contributed by atoms with Gasteiger partial charge in [0.15, 0.2) is 0 Å². The van der Waals surface area contributed by atoms with Crippen molar-refractivity contribution in [1.29, 1.82) is 0 Å². The maximum atomic E-state index is 12.6. The van der Waals surface area contributed by atoms with E-state index in [1.165, 1.54) is 11.2 Å². The van der Waals surface area contributed by atoms with Crippen LogP contribution in [0.1, 0.15) is 19.8 Å². The van der Waals surface area contributed by atoms with E-state index in [1.807, 2.05) is 0 Å². The lowest BCUT2D eigenvalue weighted by molar-refractivity contribution is -0.114. The summed E-state index contributed by atoms with van der Waals surface area (Å²) in [5, 5.41) is 13.4. The molecule has 2 unspecified atom stereocenters. The molecule has 2 aliphatic rings. The average Bonchev–Trinajstić information content (AvgIpc) is 3.04. The molecule has 2 atom stereocenters. The number of anilines is 1. The highest BCUT2D eigenvalue weighted by Crippen LogP contribution is 2.31. The van der Waals surface area contributed by atoms with E-state index in [2.05, 4.69) is 20.8 Å². The molecule has 2 saturated heterocycles. The van der Waals surface area contributed by atoms with Gasteiger partial charge >= 0.3 is 0 Å². The highest BCUT2D eigenvalue weighted by molar-refractivity contribution is 7.91. The van der Waals surface area contributed by atoms with Crippen molar-refractivity contribution < 1.29 is 13.2 Å². The molecule has 1 aromatic heterocycles. The van der Waals surface area contributed by atoms with E-state index in [4.69, 9.17) is 0 Å². The normalized spacial score (nSPS) is 26.5. The van der Waals surface area contributed by atoms with Gasteiger partial charge in [0.25, 0.3) is 10.0 Å². The van der Waals surface area contributed by atoms with E-state index in [9.17, 15) is 13.2 Å². The fourth-order valence-electron chi connectivity index (χ4n) is 2.83. The number of carbonyl (C=O) groups is 1. The number of fused-ring (bicyclic) bond motifs is 1. The van der Waals surface area contributed by atoms with E-state index in [-0.39, 0.29) is 21.4 Å². The maximum absolute atomic E-state index is 12.6. The molecule has 0 aromatic carbocycles. The zero-order valence-electron chi connectivity index (χ0n) is 11.6. The first-order valence-corrected chi connectivity index (χ1v) is 9.07. The summed E-state index contributed by atoms with van der Waals surface area (Å²) in [6.45, 7) is 3.28. The van der Waals surface area contributed by atoms with Crippen molar-refractivity contribution in [3.05, 3.63) is 0 Å². The molecule has 2 aliphatic heterocycles. The van der Waals surface area contributed by atoms with Crippen LogP contribution in [0.15, 0.2) is 4.34 Å². The van der Waals surface area contributed by atoms with Crippen LogP contribution in [0.4, 0.5) is 5.13 Å². The molecule has 0 saturated carbocycles. The summed E-state index contributed by atoms with van der Waals surface area (Å²) >= 11 is 0.884. The van der Waals surface area contributed by atoms with Gasteiger partial charge < -0.3 is 10.6 Å². The molecule has 3 heterocycles. The summed E-state index contributed by atoms with van der Waals surface area (Å²) in [4.78, 5) is 11.0. The fourth-order valence-corrected chi connectivity index (χ4v) is 5.44. The van der Waals surface area contributed by atoms with Crippen LogP contribution in [0.2, 0.25) is 0 Å². The standard InChI is InChI=1S/C11H17N5O3S2/c1-7(17)13-10-14-15-11(20-10)21(18,19)16-5-8-3-2-4-12-9(8)6-16/h8-9,12H,2-6H2,1H3,(H,13,14,17). The molecule has 21 heavy (non-hydrogen) atoms. The third kappa shape index (κ3) is 2.93. The lowest BCUT2D eigenvalue weighted by atomic mass is 9.94. The lowest BCUT2D eigenvalue weighted by Gasteiger charge is -2.24. The number of amides is 1. The van der Waals surface area contributed by atoms with Crippen LogP contribution < -0.4 is 10.6 Å². The summed E-state index contributed by atoms with van der Waals surface area (Å²) in [5.41, 5.74) is 0. The van der Waals surface area contributed by atoms with Crippen molar-refractivity contribution in [3.8, 4) is 0 Å². The molecule has 0 spiro atoms. The van der Waals surface area contributed by atoms with Crippen LogP contribution in [0, 0.1) is 5.92 Å². The quantitative estimate of drug-likeness (QED) is 0.748. The first-order chi connectivity index (χ1) is 9.96. The minimum atomic E-state index is -3.62. The third-order valence-corrected chi connectivity index (χ3v) is 6.83. The highest BCUT2D eigenvalue weighted by atomic mass is 32.2. The number of carbonyl (C=O) groups excluding carboxylic acids is 1. The minimum absolute atomic E-state index is 0.0649. The Balaban J connectivity index is 1.77. The van der Waals surface area contributed by atoms with Crippen molar-refractivity contribution in [1.82, 2.24) is 19.8 Å². The molecule has 0 bridgehead atoms. The summed E-state index contributed by atoms with van der Waals surface area (Å²) < 4.78 is 26.5. The van der Waals surface area contributed by atoms with Crippen LogP contribution in [0.5, 0.6) is 0 Å². The Morgan fingerprint density at radius 1 is 1.43 bits per heavy atom. The van der Waals surface area contributed by atoms with Gasteiger partial charge in [-0.2, -0.15) is 4.31 Å². The van der Waals surface area contributed by atoms with Gasteiger partial charge in [-0.1, -0.05) is 11.3 Å². The van der Waals surface area contributed by atoms with Crippen LogP contribution in [-0.2, 0) is 14.8 Å². The van der Waals surface area contributed by atoms with Gasteiger partial charge in [-0.15, -0.1) is 10.2 Å². The second-order valence-electron chi connectivity index (χ2n) is 5.34. The van der Waals surface area contributed by atoms with Gasteiger partial charge in [0.1, 0.15) is 0 Å². The van der Waals surface area contributed by atoms with Gasteiger partial charge in [0.05, 0.1) is 0 Å². The number of hydrogen-bond donors (Lipinski definition) is 2. The van der Waals surface area contributed by atoms with E-state index >= 15 is 0 Å². The molecule has 2 N–H and O–H groups in total. The summed E-state index contributed by atoms with van der Waals surface area (Å²) in [6, 6.07) is 0.233. The highest BCUT2D eigenvalue weighted by Gasteiger charge is 2.41. The maximum Gasteiger partial charge on any atom is 0.272 e. The lowest BCUT2D eigenvalue weighted by Crippen LogP contribution is -2.41. The average molecular weight is 331 g/mol. The first-order valence-electron chi connectivity index (χ1n) is 6.81. The van der Waals surface area contributed by atoms with Crippen molar-refractivity contribution in [2.75, 3.05) is 25.0 Å². The molecule has 8 nitrogen and oxygen atoms in total. The number of nitrogens with one attached hydrogen (secondary N) is 2. The van der Waals surface area contributed by atoms with Crippen molar-refractivity contribution in [3.63, 3.8) is 0 Å². The summed E-state index contributed by atoms with van der Waals surface area (Å²) in [6.07, 6.45) is 2.14. The monoisotopic (exact) mass is 331 g/mol. The predicted octanol–water partition coefficient (Wildman–Crippen LogP) is -0.131. The Kier molecular flexibility index (Phi) is 3.95. The van der Waals surface area contributed by atoms with Crippen LogP contribution in [0.25, 0.3) is 0 Å². The van der Waals surface area contributed by atoms with Crippen molar-refractivity contribution in [2.45, 2.75) is 30.1 Å². The van der Waals surface area contributed by atoms with Gasteiger partial charge in [-0.3, -0.25) is 4.79 Å². The Bertz CT molecular complexity index is 630. The number of sulfonamides is 1. The number of hydrogen-bond acceptors (Lipinski definition) is 7. The first kappa shape index (κ1) is 14.8. The number of rotatable bonds is 3. The molecule has 3 rings (SSSR count). The van der Waals surface area contributed by atoms with Gasteiger partial charge in [-0.25, -0.2) is 8.42 Å². The molecule has 1 aromatic rings. The topological polar surface area (TPSA) is 104 Å². The zero-order valence-corrected chi connectivity index (χ0v) is 13.2. The Morgan fingerprint density at radius 3 is 2.95 bits per heavy atom. The van der Waals surface area contributed by atoms with Crippen LogP contribution in [0.3, 0.4) is 0 Å². The zero-order chi connectivity index (χ0) is 15.0. The molecule has 0 aliphatic carbocycles. The summed E-state index contributed by atoms with van der Waals surface area (Å²) in [5.74, 6) is 0.0720. The Hall–Kier alpha value is -1.10. The number of piperidine rings is 1. The number of nitrogens with zero attached hydrogens (tertiary/aromatic N) is 3. The number of aromatic nitrogens is 2. The second kappa shape index (κ2) is 5.59. The minimum Gasteiger partial charge on any atom is -0.312 e. The SMILES string of the molecule is CC(=O)Nc1nnc(S(=O)(=O)N2CC3CCCNC3C2)s1. The smallest absolute Gasteiger partial charge is 0.272 e. The summed E-state index contributed by atoms with van der Waals surface area (Å²) in [7, 11) is -3.62. The van der Waals surface area contributed by atoms with Crippen molar-refractivity contribution >= 4 is 32.4 Å². The molecule has 2 fully saturated rings. The van der Waals surface area contributed by atoms with E-state index < -0.39 is 10.0 Å². The molecule has 116 valence electrons. The second-order valence-corrected chi connectivity index (χ2v) is 8.43. The Labute approximate surface area is 127 Å². The molecule has 0 radical (unpaired) electrons. The van der Waals surface area contributed by atoms with Crippen molar-refractivity contribution in [2.24, 2.45) is 5.92 Å². The fraction of sp³-hybridized carbons (Fsp3) is 0.727. The van der Waals surface area contributed by atoms with Gasteiger partial charge in [0, 0.05) is 26.1 Å². The Morgan fingerprint density at radius 2 is 2.24 bits per heavy atom. The molecular weight excluding hydrogens is 314 g/mol. The van der Waals surface area contributed by atoms with E-state index in [1.54, 1.807) is 0 Å². The molecular formula is C11H17N5O3S2. The van der Waals surface area contributed by atoms with Crippen LogP contribution in [-0.4, -0.2) is 54.5 Å². The molecule has 10 heteroatoms. The van der Waals surface area contributed by atoms with E-state index in [0.29, 0.717) is 19.0 Å². The largest absolute Gasteiger partial charge is 0.312 e.